The molecule has 1 unspecified atom stereocenters. The molecule has 6 aromatic carbocycles. The van der Waals surface area contributed by atoms with Crippen molar-refractivity contribution in [2.75, 3.05) is 43.6 Å². The Morgan fingerprint density at radius 3 is 1.11 bits per heavy atom. The number of nitrogens with zero attached hydrogens (tertiary/aromatic N) is 6. The first kappa shape index (κ1) is 68.8. The van der Waals surface area contributed by atoms with E-state index >= 15 is 8.78 Å². The molecule has 1 aliphatic carbocycles. The number of amides is 6. The van der Waals surface area contributed by atoms with E-state index in [1.54, 1.807) is 45.8 Å². The highest BCUT2D eigenvalue weighted by Crippen LogP contribution is 2.38. The monoisotopic (exact) mass is 1320 g/mol. The number of nitrogens with one attached hydrogen (secondary N) is 3. The summed E-state index contributed by atoms with van der Waals surface area (Å²) in [6, 6.07) is 36.8. The summed E-state index contributed by atoms with van der Waals surface area (Å²) >= 11 is 0. The predicted octanol–water partition coefficient (Wildman–Crippen LogP) is 9.42. The van der Waals surface area contributed by atoms with Gasteiger partial charge in [0.1, 0.15) is 62.9 Å². The van der Waals surface area contributed by atoms with Crippen LogP contribution in [-0.4, -0.2) is 91.2 Å². The maximum atomic E-state index is 15.1. The van der Waals surface area contributed by atoms with E-state index in [-0.39, 0.29) is 99.8 Å². The molecule has 3 fully saturated rings. The molecule has 3 aromatic heterocycles. The number of hydrogen-bond donors (Lipinski definition) is 9. The molecule has 5 heterocycles. The second-order valence-corrected chi connectivity index (χ2v) is 24.3. The summed E-state index contributed by atoms with van der Waals surface area (Å²) in [5.41, 5.74) is 44.9. The standard InChI is InChI=1S/C25H29N5O2.C24H26FN5O3.C23H24FN5O3/c1-15-7-3-6-10-20(15)25(32)28-14-17-11-12-19(16(2)13-17)22-21(24(27)31)23(26)30(29-22)18-8-4-5-9-18;1-14-4-2-3-5-17(14)24(32)28-13-15-6-7-18(19(25)12-15)21-20(23(27)31)22(26)30(29-21)16-8-10-33-11-9-16;1-13-4-2-3-5-16(13)23(31)27-11-14-6-7-17(18(24)10-14)20-19(22(26)30)21(25)29(28-20)15-8-9-32-12-15/h3,6-7,10-13,18H,4-5,8-9,14,26H2,1-2H3,(H2,27,31)(H,28,32);2-7,12,16H,8-11,13,26H2,1H3,(H2,27,31)(H,28,32);2-7,10,15H,8-9,11-12,25H2,1H3,(H2,26,30)(H,27,31). The highest BCUT2D eigenvalue weighted by atomic mass is 19.1. The lowest BCUT2D eigenvalue weighted by Crippen LogP contribution is -2.23. The number of nitrogen functional groups attached to an aromatic ring is 3. The number of ether oxygens (including phenoxy) is 2. The van der Waals surface area contributed by atoms with Crippen molar-refractivity contribution >= 4 is 52.9 Å². The van der Waals surface area contributed by atoms with Gasteiger partial charge in [-0.25, -0.2) is 22.8 Å². The minimum absolute atomic E-state index is 0.000924. The highest BCUT2D eigenvalue weighted by molar-refractivity contribution is 6.05. The van der Waals surface area contributed by atoms with Crippen molar-refractivity contribution < 1.29 is 47.0 Å². The molecular weight excluding hydrogens is 1240 g/mol. The molecule has 23 nitrogen and oxygen atoms in total. The summed E-state index contributed by atoms with van der Waals surface area (Å²) in [7, 11) is 0. The lowest BCUT2D eigenvalue weighted by Gasteiger charge is -2.23. The average Bonchev–Trinajstić information content (AvgIpc) is 1.65. The maximum Gasteiger partial charge on any atom is 0.254 e. The van der Waals surface area contributed by atoms with Crippen LogP contribution >= 0.6 is 0 Å². The van der Waals surface area contributed by atoms with E-state index in [9.17, 15) is 28.8 Å². The zero-order chi connectivity index (χ0) is 69.2. The summed E-state index contributed by atoms with van der Waals surface area (Å²) in [6.07, 6.45) is 6.33. The Labute approximate surface area is 559 Å². The first-order chi connectivity index (χ1) is 46.6. The summed E-state index contributed by atoms with van der Waals surface area (Å²) in [5.74, 6) is -3.33. The molecule has 2 aliphatic heterocycles. The lowest BCUT2D eigenvalue weighted by atomic mass is 9.99. The van der Waals surface area contributed by atoms with Crippen LogP contribution < -0.4 is 50.4 Å². The smallest absolute Gasteiger partial charge is 0.254 e. The third-order valence-electron chi connectivity index (χ3n) is 17.7. The zero-order valence-corrected chi connectivity index (χ0v) is 54.4. The molecule has 2 saturated heterocycles. The van der Waals surface area contributed by atoms with Crippen LogP contribution in [0, 0.1) is 39.3 Å². The maximum absolute atomic E-state index is 15.1. The molecule has 1 saturated carbocycles. The normalized spacial score (nSPS) is 14.6. The molecular formula is C72H79F2N15O8. The number of aromatic nitrogens is 6. The van der Waals surface area contributed by atoms with Gasteiger partial charge in [-0.3, -0.25) is 28.8 Å². The fraction of sp³-hybridized carbons (Fsp3) is 0.292. The Kier molecular flexibility index (Phi) is 21.7. The third kappa shape index (κ3) is 15.5. The minimum Gasteiger partial charge on any atom is -0.383 e. The fourth-order valence-corrected chi connectivity index (χ4v) is 12.4. The number of hydrogen-bond acceptors (Lipinski definition) is 14. The van der Waals surface area contributed by atoms with Crippen LogP contribution in [0.4, 0.5) is 26.2 Å². The Morgan fingerprint density at radius 1 is 0.433 bits per heavy atom. The summed E-state index contributed by atoms with van der Waals surface area (Å²) in [5, 5.41) is 22.1. The van der Waals surface area contributed by atoms with Crippen LogP contribution in [0.2, 0.25) is 0 Å². The molecule has 15 N–H and O–H groups in total. The molecule has 0 bridgehead atoms. The van der Waals surface area contributed by atoms with E-state index in [0.717, 1.165) is 59.1 Å². The Bertz CT molecular complexity index is 4260. The van der Waals surface area contributed by atoms with Crippen LogP contribution in [0.5, 0.6) is 0 Å². The zero-order valence-electron chi connectivity index (χ0n) is 54.4. The van der Waals surface area contributed by atoms with Gasteiger partial charge in [-0.15, -0.1) is 0 Å². The van der Waals surface area contributed by atoms with Crippen molar-refractivity contribution in [1.29, 1.82) is 0 Å². The van der Waals surface area contributed by atoms with E-state index < -0.39 is 29.4 Å². The molecule has 504 valence electrons. The fourth-order valence-electron chi connectivity index (χ4n) is 12.4. The summed E-state index contributed by atoms with van der Waals surface area (Å²) in [4.78, 5) is 73.7. The van der Waals surface area contributed by atoms with Gasteiger partial charge in [-0.2, -0.15) is 15.3 Å². The van der Waals surface area contributed by atoms with Gasteiger partial charge in [-0.1, -0.05) is 97.8 Å². The van der Waals surface area contributed by atoms with Crippen molar-refractivity contribution in [2.24, 2.45) is 17.2 Å². The number of aryl methyl sites for hydroxylation is 4. The van der Waals surface area contributed by atoms with Crippen molar-refractivity contribution in [1.82, 2.24) is 45.3 Å². The Balaban J connectivity index is 0.000000158. The van der Waals surface area contributed by atoms with Gasteiger partial charge in [-0.05, 0) is 141 Å². The van der Waals surface area contributed by atoms with Gasteiger partial charge >= 0.3 is 0 Å². The number of carbonyl (C=O) groups is 6. The topological polar surface area (TPSA) is 367 Å². The predicted molar refractivity (Wildman–Crippen MR) is 365 cm³/mol. The van der Waals surface area contributed by atoms with Gasteiger partial charge in [0.05, 0.1) is 24.7 Å². The van der Waals surface area contributed by atoms with E-state index in [1.807, 2.05) is 94.4 Å². The van der Waals surface area contributed by atoms with E-state index in [0.29, 0.717) is 91.6 Å². The van der Waals surface area contributed by atoms with Crippen LogP contribution in [0.25, 0.3) is 33.8 Å². The molecule has 25 heteroatoms. The quantitative estimate of drug-likeness (QED) is 0.0386. The minimum atomic E-state index is -0.781. The van der Waals surface area contributed by atoms with Crippen LogP contribution in [0.3, 0.4) is 0 Å². The van der Waals surface area contributed by atoms with Crippen molar-refractivity contribution in [3.63, 3.8) is 0 Å². The second-order valence-electron chi connectivity index (χ2n) is 24.3. The number of carbonyl (C=O) groups excluding carboxylic acids is 6. The number of primary amides is 3. The van der Waals surface area contributed by atoms with Gasteiger partial charge < -0.3 is 59.8 Å². The second kappa shape index (κ2) is 30.6. The molecule has 9 aromatic rings. The van der Waals surface area contributed by atoms with Gasteiger partial charge in [0.25, 0.3) is 35.4 Å². The van der Waals surface area contributed by atoms with Crippen LogP contribution in [0.1, 0.15) is 164 Å². The van der Waals surface area contributed by atoms with Gasteiger partial charge in [0, 0.05) is 72.8 Å². The highest BCUT2D eigenvalue weighted by Gasteiger charge is 2.32. The van der Waals surface area contributed by atoms with Gasteiger partial charge in [0.15, 0.2) is 0 Å². The van der Waals surface area contributed by atoms with E-state index in [1.165, 1.54) is 28.9 Å². The number of rotatable bonds is 18. The third-order valence-corrected chi connectivity index (χ3v) is 17.7. The van der Waals surface area contributed by atoms with Crippen molar-refractivity contribution in [2.45, 2.75) is 110 Å². The molecule has 12 rings (SSSR count). The van der Waals surface area contributed by atoms with E-state index in [4.69, 9.17) is 49.0 Å². The van der Waals surface area contributed by atoms with Crippen molar-refractivity contribution in [3.8, 4) is 33.8 Å². The van der Waals surface area contributed by atoms with E-state index in [2.05, 4.69) is 26.1 Å². The number of anilines is 3. The van der Waals surface area contributed by atoms with Crippen molar-refractivity contribution in [3.05, 3.63) is 211 Å². The average molecular weight is 1320 g/mol. The molecule has 0 spiro atoms. The molecule has 0 radical (unpaired) electrons. The first-order valence-electron chi connectivity index (χ1n) is 32.0. The van der Waals surface area contributed by atoms with Crippen LogP contribution in [-0.2, 0) is 29.1 Å². The number of halogens is 2. The lowest BCUT2D eigenvalue weighted by molar-refractivity contribution is 0.0669. The molecule has 1 atom stereocenters. The van der Waals surface area contributed by atoms with Crippen LogP contribution in [0.15, 0.2) is 127 Å². The molecule has 97 heavy (non-hydrogen) atoms. The number of nitrogens with two attached hydrogens (primary N) is 6. The Morgan fingerprint density at radius 2 is 0.763 bits per heavy atom. The van der Waals surface area contributed by atoms with Gasteiger partial charge in [0.2, 0.25) is 0 Å². The molecule has 3 aliphatic rings. The number of benzene rings is 6. The Hall–Kier alpha value is -11.1. The summed E-state index contributed by atoms with van der Waals surface area (Å²) in [6.45, 7) is 10.3. The summed E-state index contributed by atoms with van der Waals surface area (Å²) < 4.78 is 45.7. The molecule has 6 amide bonds. The SMILES string of the molecule is Cc1ccccc1C(=O)NCc1ccc(-c2nn(C3CCCC3)c(N)c2C(N)=O)c(C)c1.Cc1ccccc1C(=O)NCc1ccc(-c2nn(C3CCOC3)c(N)c2C(N)=O)c(F)c1.Cc1ccccc1C(=O)NCc1ccc(-c2nn(C3CCOCC3)c(N)c2C(N)=O)c(F)c1. The largest absolute Gasteiger partial charge is 0.383 e. The first-order valence-corrected chi connectivity index (χ1v) is 32.0.